The SMILES string of the molecule is Cc1cnc(CNC(=O)c2cn(Cc3ccccc3C)nn2)cn1. The van der Waals surface area contributed by atoms with Crippen LogP contribution < -0.4 is 5.32 Å². The first-order chi connectivity index (χ1) is 11.6. The second-order valence-corrected chi connectivity index (χ2v) is 5.56. The van der Waals surface area contributed by atoms with Gasteiger partial charge in [-0.25, -0.2) is 4.68 Å². The van der Waals surface area contributed by atoms with Crippen LogP contribution in [0.2, 0.25) is 0 Å². The molecule has 3 aromatic rings. The van der Waals surface area contributed by atoms with E-state index in [1.165, 1.54) is 5.56 Å². The molecule has 0 saturated heterocycles. The van der Waals surface area contributed by atoms with Gasteiger partial charge in [-0.05, 0) is 25.0 Å². The van der Waals surface area contributed by atoms with Gasteiger partial charge >= 0.3 is 0 Å². The maximum atomic E-state index is 12.1. The van der Waals surface area contributed by atoms with Crippen LogP contribution in [0.4, 0.5) is 0 Å². The Balaban J connectivity index is 1.61. The van der Waals surface area contributed by atoms with Crippen LogP contribution in [0, 0.1) is 13.8 Å². The number of nitrogens with zero attached hydrogens (tertiary/aromatic N) is 5. The largest absolute Gasteiger partial charge is 0.345 e. The van der Waals surface area contributed by atoms with E-state index < -0.39 is 0 Å². The maximum absolute atomic E-state index is 12.1. The van der Waals surface area contributed by atoms with Crippen LogP contribution in [0.1, 0.15) is 33.0 Å². The summed E-state index contributed by atoms with van der Waals surface area (Å²) in [6, 6.07) is 8.05. The van der Waals surface area contributed by atoms with Crippen LogP contribution in [0.5, 0.6) is 0 Å². The van der Waals surface area contributed by atoms with Gasteiger partial charge in [0.05, 0.1) is 36.9 Å². The number of rotatable bonds is 5. The quantitative estimate of drug-likeness (QED) is 0.772. The van der Waals surface area contributed by atoms with Gasteiger partial charge in [-0.15, -0.1) is 5.10 Å². The summed E-state index contributed by atoms with van der Waals surface area (Å²) in [5.74, 6) is -0.284. The molecular formula is C17H18N6O. The average molecular weight is 322 g/mol. The topological polar surface area (TPSA) is 85.6 Å². The minimum absolute atomic E-state index is 0.281. The van der Waals surface area contributed by atoms with Crippen LogP contribution in [-0.2, 0) is 13.1 Å². The van der Waals surface area contributed by atoms with E-state index in [1.54, 1.807) is 23.3 Å². The summed E-state index contributed by atoms with van der Waals surface area (Å²) < 4.78 is 1.66. The van der Waals surface area contributed by atoms with Crippen LogP contribution in [-0.4, -0.2) is 30.9 Å². The van der Waals surface area contributed by atoms with Crippen molar-refractivity contribution in [1.82, 2.24) is 30.3 Å². The Labute approximate surface area is 139 Å². The molecule has 0 saturated carbocycles. The molecule has 24 heavy (non-hydrogen) atoms. The lowest BCUT2D eigenvalue weighted by Crippen LogP contribution is -2.23. The van der Waals surface area contributed by atoms with Crippen molar-refractivity contribution < 1.29 is 4.79 Å². The highest BCUT2D eigenvalue weighted by Crippen LogP contribution is 2.08. The van der Waals surface area contributed by atoms with Crippen LogP contribution in [0.15, 0.2) is 42.9 Å². The molecule has 0 atom stereocenters. The van der Waals surface area contributed by atoms with E-state index in [9.17, 15) is 4.79 Å². The van der Waals surface area contributed by atoms with E-state index in [0.29, 0.717) is 18.8 Å². The Morgan fingerprint density at radius 1 is 1.17 bits per heavy atom. The molecule has 0 aliphatic rings. The van der Waals surface area contributed by atoms with Gasteiger partial charge in [-0.2, -0.15) is 0 Å². The van der Waals surface area contributed by atoms with Crippen LogP contribution >= 0.6 is 0 Å². The summed E-state index contributed by atoms with van der Waals surface area (Å²) in [6.45, 7) is 4.79. The Kier molecular flexibility index (Phi) is 4.60. The number of aryl methyl sites for hydroxylation is 2. The maximum Gasteiger partial charge on any atom is 0.273 e. The van der Waals surface area contributed by atoms with E-state index in [2.05, 4.69) is 25.6 Å². The highest BCUT2D eigenvalue weighted by Gasteiger charge is 2.11. The molecule has 0 aliphatic carbocycles. The van der Waals surface area contributed by atoms with E-state index in [-0.39, 0.29) is 11.6 Å². The number of hydrogen-bond acceptors (Lipinski definition) is 5. The molecule has 0 aliphatic heterocycles. The van der Waals surface area contributed by atoms with Gasteiger partial charge in [-0.3, -0.25) is 14.8 Å². The van der Waals surface area contributed by atoms with Gasteiger partial charge in [0.25, 0.3) is 5.91 Å². The molecule has 7 nitrogen and oxygen atoms in total. The number of carbonyl (C=O) groups is 1. The lowest BCUT2D eigenvalue weighted by Gasteiger charge is -2.04. The fraction of sp³-hybridized carbons (Fsp3) is 0.235. The summed E-state index contributed by atoms with van der Waals surface area (Å²) >= 11 is 0. The Morgan fingerprint density at radius 3 is 2.75 bits per heavy atom. The Morgan fingerprint density at radius 2 is 2.00 bits per heavy atom. The van der Waals surface area contributed by atoms with E-state index in [0.717, 1.165) is 11.3 Å². The van der Waals surface area contributed by atoms with E-state index >= 15 is 0 Å². The molecule has 1 N–H and O–H groups in total. The molecule has 0 unspecified atom stereocenters. The predicted molar refractivity (Wildman–Crippen MR) is 88.2 cm³/mol. The Bertz CT molecular complexity index is 840. The fourth-order valence-electron chi connectivity index (χ4n) is 2.21. The van der Waals surface area contributed by atoms with Crippen molar-refractivity contribution in [2.45, 2.75) is 26.9 Å². The first-order valence-corrected chi connectivity index (χ1v) is 7.62. The summed E-state index contributed by atoms with van der Waals surface area (Å²) in [6.07, 6.45) is 4.95. The summed E-state index contributed by atoms with van der Waals surface area (Å²) in [5.41, 5.74) is 4.13. The van der Waals surface area contributed by atoms with Gasteiger partial charge in [0, 0.05) is 6.20 Å². The summed E-state index contributed by atoms with van der Waals surface area (Å²) in [7, 11) is 0. The van der Waals surface area contributed by atoms with Crippen molar-refractivity contribution in [2.75, 3.05) is 0 Å². The van der Waals surface area contributed by atoms with Crippen molar-refractivity contribution in [3.05, 3.63) is 71.1 Å². The minimum Gasteiger partial charge on any atom is -0.345 e. The van der Waals surface area contributed by atoms with Crippen molar-refractivity contribution in [3.8, 4) is 0 Å². The summed E-state index contributed by atoms with van der Waals surface area (Å²) in [4.78, 5) is 20.5. The first kappa shape index (κ1) is 15.8. The second kappa shape index (κ2) is 6.99. The standard InChI is InChI=1S/C17H18N6O/c1-12-5-3-4-6-14(12)10-23-11-16(21-22-23)17(24)20-9-15-8-18-13(2)7-19-15/h3-8,11H,9-10H2,1-2H3,(H,20,24). The minimum atomic E-state index is -0.284. The zero-order valence-electron chi connectivity index (χ0n) is 13.6. The lowest BCUT2D eigenvalue weighted by atomic mass is 10.1. The van der Waals surface area contributed by atoms with Crippen LogP contribution in [0.3, 0.4) is 0 Å². The fourth-order valence-corrected chi connectivity index (χ4v) is 2.21. The molecule has 2 heterocycles. The third kappa shape index (κ3) is 3.81. The highest BCUT2D eigenvalue weighted by atomic mass is 16.2. The van der Waals surface area contributed by atoms with E-state index in [1.807, 2.05) is 38.1 Å². The zero-order valence-corrected chi connectivity index (χ0v) is 13.6. The monoisotopic (exact) mass is 322 g/mol. The average Bonchev–Trinajstić information content (AvgIpc) is 3.05. The number of amides is 1. The number of nitrogens with one attached hydrogen (secondary N) is 1. The molecular weight excluding hydrogens is 304 g/mol. The third-order valence-electron chi connectivity index (χ3n) is 3.63. The summed E-state index contributed by atoms with van der Waals surface area (Å²) in [5, 5.41) is 10.7. The van der Waals surface area contributed by atoms with Gasteiger partial charge in [0.15, 0.2) is 5.69 Å². The van der Waals surface area contributed by atoms with Gasteiger partial charge < -0.3 is 5.32 Å². The number of aromatic nitrogens is 5. The van der Waals surface area contributed by atoms with Gasteiger partial charge in [-0.1, -0.05) is 29.5 Å². The molecule has 1 aromatic carbocycles. The molecule has 0 radical (unpaired) electrons. The van der Waals surface area contributed by atoms with Crippen LogP contribution in [0.25, 0.3) is 0 Å². The first-order valence-electron chi connectivity index (χ1n) is 7.62. The van der Waals surface area contributed by atoms with E-state index in [4.69, 9.17) is 0 Å². The predicted octanol–water partition coefficient (Wildman–Crippen LogP) is 1.66. The van der Waals surface area contributed by atoms with Crippen molar-refractivity contribution >= 4 is 5.91 Å². The smallest absolute Gasteiger partial charge is 0.273 e. The second-order valence-electron chi connectivity index (χ2n) is 5.56. The molecule has 2 aromatic heterocycles. The third-order valence-corrected chi connectivity index (χ3v) is 3.63. The van der Waals surface area contributed by atoms with Crippen molar-refractivity contribution in [2.24, 2.45) is 0 Å². The number of carbonyl (C=O) groups excluding carboxylic acids is 1. The Hall–Kier alpha value is -3.09. The molecule has 122 valence electrons. The molecule has 0 spiro atoms. The molecule has 0 fully saturated rings. The molecule has 0 bridgehead atoms. The van der Waals surface area contributed by atoms with Crippen molar-refractivity contribution in [1.29, 1.82) is 0 Å². The van der Waals surface area contributed by atoms with Crippen molar-refractivity contribution in [3.63, 3.8) is 0 Å². The number of hydrogen-bond donors (Lipinski definition) is 1. The van der Waals surface area contributed by atoms with Gasteiger partial charge in [0.2, 0.25) is 0 Å². The normalized spacial score (nSPS) is 10.6. The zero-order chi connectivity index (χ0) is 16.9. The molecule has 3 rings (SSSR count). The highest BCUT2D eigenvalue weighted by molar-refractivity contribution is 5.91. The lowest BCUT2D eigenvalue weighted by molar-refractivity contribution is 0.0945. The molecule has 1 amide bonds. The van der Waals surface area contributed by atoms with Gasteiger partial charge in [0.1, 0.15) is 0 Å². The molecule has 7 heteroatoms. The number of benzene rings is 1.